The third-order valence-electron chi connectivity index (χ3n) is 3.80. The van der Waals surface area contributed by atoms with Crippen LogP contribution in [0.1, 0.15) is 65.2 Å². The van der Waals surface area contributed by atoms with Crippen molar-refractivity contribution in [2.75, 3.05) is 19.8 Å². The maximum atomic E-state index is 5.65. The lowest BCUT2D eigenvalue weighted by atomic mass is 9.91. The van der Waals surface area contributed by atoms with Crippen LogP contribution in [-0.4, -0.2) is 25.8 Å². The second kappa shape index (κ2) is 9.90. The standard InChI is InChI=1S/C15H31NO/c1-3-11-16-15-9-7-5-6-8-14(15)10-13-17-12-4-2/h14-16H,3-13H2,1-2H3. The van der Waals surface area contributed by atoms with E-state index in [-0.39, 0.29) is 0 Å². The molecule has 1 rings (SSSR count). The van der Waals surface area contributed by atoms with E-state index in [1.165, 1.54) is 51.5 Å². The Balaban J connectivity index is 2.27. The van der Waals surface area contributed by atoms with Crippen molar-refractivity contribution in [3.05, 3.63) is 0 Å². The molecule has 1 N–H and O–H groups in total. The van der Waals surface area contributed by atoms with Gasteiger partial charge in [-0.2, -0.15) is 0 Å². The Morgan fingerprint density at radius 1 is 1.00 bits per heavy atom. The van der Waals surface area contributed by atoms with Crippen LogP contribution < -0.4 is 5.32 Å². The molecule has 0 radical (unpaired) electrons. The normalized spacial score (nSPS) is 25.8. The van der Waals surface area contributed by atoms with Crippen molar-refractivity contribution < 1.29 is 4.74 Å². The van der Waals surface area contributed by atoms with Crippen LogP contribution in [0.4, 0.5) is 0 Å². The van der Waals surface area contributed by atoms with Gasteiger partial charge in [-0.3, -0.25) is 0 Å². The first-order valence-electron chi connectivity index (χ1n) is 7.69. The third kappa shape index (κ3) is 6.42. The topological polar surface area (TPSA) is 21.3 Å². The first-order chi connectivity index (χ1) is 8.38. The van der Waals surface area contributed by atoms with Gasteiger partial charge in [0.2, 0.25) is 0 Å². The fourth-order valence-corrected chi connectivity index (χ4v) is 2.81. The number of hydrogen-bond acceptors (Lipinski definition) is 2. The summed E-state index contributed by atoms with van der Waals surface area (Å²) in [7, 11) is 0. The lowest BCUT2D eigenvalue weighted by Crippen LogP contribution is -2.36. The molecule has 0 spiro atoms. The van der Waals surface area contributed by atoms with Crippen molar-refractivity contribution in [1.29, 1.82) is 0 Å². The van der Waals surface area contributed by atoms with Crippen molar-refractivity contribution in [3.8, 4) is 0 Å². The summed E-state index contributed by atoms with van der Waals surface area (Å²) in [4.78, 5) is 0. The molecule has 1 aliphatic rings. The zero-order chi connectivity index (χ0) is 12.3. The Morgan fingerprint density at radius 3 is 2.59 bits per heavy atom. The van der Waals surface area contributed by atoms with E-state index in [0.29, 0.717) is 0 Å². The highest BCUT2D eigenvalue weighted by atomic mass is 16.5. The lowest BCUT2D eigenvalue weighted by Gasteiger charge is -2.26. The average Bonchev–Trinajstić information content (AvgIpc) is 2.57. The van der Waals surface area contributed by atoms with E-state index in [1.54, 1.807) is 0 Å². The number of nitrogens with one attached hydrogen (secondary N) is 1. The van der Waals surface area contributed by atoms with Gasteiger partial charge in [-0.25, -0.2) is 0 Å². The fourth-order valence-electron chi connectivity index (χ4n) is 2.81. The molecule has 0 aromatic rings. The van der Waals surface area contributed by atoms with E-state index in [4.69, 9.17) is 4.74 Å². The van der Waals surface area contributed by atoms with Crippen molar-refractivity contribution in [3.63, 3.8) is 0 Å². The Morgan fingerprint density at radius 2 is 1.82 bits per heavy atom. The van der Waals surface area contributed by atoms with Crippen LogP contribution in [0.15, 0.2) is 0 Å². The number of ether oxygens (including phenoxy) is 1. The molecule has 2 atom stereocenters. The molecular weight excluding hydrogens is 210 g/mol. The molecule has 17 heavy (non-hydrogen) atoms. The summed E-state index contributed by atoms with van der Waals surface area (Å²) < 4.78 is 5.65. The summed E-state index contributed by atoms with van der Waals surface area (Å²) in [6.45, 7) is 7.50. The molecule has 0 bridgehead atoms. The van der Waals surface area contributed by atoms with Crippen LogP contribution in [0.25, 0.3) is 0 Å². The van der Waals surface area contributed by atoms with E-state index in [1.807, 2.05) is 0 Å². The van der Waals surface area contributed by atoms with Gasteiger partial charge in [-0.15, -0.1) is 0 Å². The molecule has 2 nitrogen and oxygen atoms in total. The fraction of sp³-hybridized carbons (Fsp3) is 1.00. The van der Waals surface area contributed by atoms with Crippen molar-refractivity contribution in [1.82, 2.24) is 5.32 Å². The zero-order valence-electron chi connectivity index (χ0n) is 11.8. The van der Waals surface area contributed by atoms with Gasteiger partial charge < -0.3 is 10.1 Å². The van der Waals surface area contributed by atoms with Crippen molar-refractivity contribution >= 4 is 0 Å². The summed E-state index contributed by atoms with van der Waals surface area (Å²) in [5.74, 6) is 0.848. The first-order valence-corrected chi connectivity index (χ1v) is 7.69. The second-order valence-corrected chi connectivity index (χ2v) is 5.36. The Labute approximate surface area is 108 Å². The van der Waals surface area contributed by atoms with E-state index in [9.17, 15) is 0 Å². The lowest BCUT2D eigenvalue weighted by molar-refractivity contribution is 0.112. The van der Waals surface area contributed by atoms with Gasteiger partial charge in [0, 0.05) is 19.3 Å². The smallest absolute Gasteiger partial charge is 0.0469 e. The average molecular weight is 241 g/mol. The Bertz CT molecular complexity index is 172. The highest BCUT2D eigenvalue weighted by Crippen LogP contribution is 2.26. The van der Waals surface area contributed by atoms with E-state index in [2.05, 4.69) is 19.2 Å². The predicted molar refractivity (Wildman–Crippen MR) is 74.4 cm³/mol. The number of rotatable bonds is 8. The molecule has 0 aromatic heterocycles. The summed E-state index contributed by atoms with van der Waals surface area (Å²) >= 11 is 0. The van der Waals surface area contributed by atoms with Crippen LogP contribution in [0.5, 0.6) is 0 Å². The largest absolute Gasteiger partial charge is 0.381 e. The minimum absolute atomic E-state index is 0.752. The van der Waals surface area contributed by atoms with Gasteiger partial charge in [0.25, 0.3) is 0 Å². The van der Waals surface area contributed by atoms with Crippen molar-refractivity contribution in [2.45, 2.75) is 71.3 Å². The molecule has 1 saturated carbocycles. The minimum atomic E-state index is 0.752. The van der Waals surface area contributed by atoms with Gasteiger partial charge in [0.15, 0.2) is 0 Å². The summed E-state index contributed by atoms with van der Waals surface area (Å²) in [5.41, 5.74) is 0. The molecular formula is C15H31NO. The quantitative estimate of drug-likeness (QED) is 0.516. The van der Waals surface area contributed by atoms with E-state index in [0.717, 1.165) is 31.6 Å². The minimum Gasteiger partial charge on any atom is -0.381 e. The SMILES string of the molecule is CCCNC1CCCCCC1CCOCCC. The predicted octanol–water partition coefficient (Wildman–Crippen LogP) is 3.75. The molecule has 0 saturated heterocycles. The second-order valence-electron chi connectivity index (χ2n) is 5.36. The Kier molecular flexibility index (Phi) is 8.72. The maximum absolute atomic E-state index is 5.65. The third-order valence-corrected chi connectivity index (χ3v) is 3.80. The highest BCUT2D eigenvalue weighted by Gasteiger charge is 2.22. The molecule has 0 amide bonds. The van der Waals surface area contributed by atoms with Gasteiger partial charge in [0.05, 0.1) is 0 Å². The van der Waals surface area contributed by atoms with Crippen LogP contribution in [0.2, 0.25) is 0 Å². The summed E-state index contributed by atoms with van der Waals surface area (Å²) in [6, 6.07) is 0.752. The molecule has 0 heterocycles. The van der Waals surface area contributed by atoms with E-state index >= 15 is 0 Å². The molecule has 102 valence electrons. The van der Waals surface area contributed by atoms with Crippen LogP contribution >= 0.6 is 0 Å². The number of hydrogen-bond donors (Lipinski definition) is 1. The molecule has 0 aromatic carbocycles. The summed E-state index contributed by atoms with van der Waals surface area (Å²) in [5, 5.41) is 3.75. The van der Waals surface area contributed by atoms with Crippen LogP contribution in [0.3, 0.4) is 0 Å². The van der Waals surface area contributed by atoms with Crippen molar-refractivity contribution in [2.24, 2.45) is 5.92 Å². The molecule has 2 unspecified atom stereocenters. The van der Waals surface area contributed by atoms with Gasteiger partial charge >= 0.3 is 0 Å². The van der Waals surface area contributed by atoms with Gasteiger partial charge in [-0.05, 0) is 44.6 Å². The maximum Gasteiger partial charge on any atom is 0.0469 e. The first kappa shape index (κ1) is 15.0. The molecule has 0 aliphatic heterocycles. The summed E-state index contributed by atoms with van der Waals surface area (Å²) in [6.07, 6.45) is 10.7. The zero-order valence-corrected chi connectivity index (χ0v) is 11.8. The molecule has 1 fully saturated rings. The van der Waals surface area contributed by atoms with Crippen LogP contribution in [-0.2, 0) is 4.74 Å². The van der Waals surface area contributed by atoms with Gasteiger partial charge in [0.1, 0.15) is 0 Å². The molecule has 1 aliphatic carbocycles. The monoisotopic (exact) mass is 241 g/mol. The molecule has 2 heteroatoms. The van der Waals surface area contributed by atoms with Crippen LogP contribution in [0, 0.1) is 5.92 Å². The van der Waals surface area contributed by atoms with Gasteiger partial charge in [-0.1, -0.05) is 33.1 Å². The highest BCUT2D eigenvalue weighted by molar-refractivity contribution is 4.79. The Hall–Kier alpha value is -0.0800. The van der Waals surface area contributed by atoms with E-state index < -0.39 is 0 Å².